The van der Waals surface area contributed by atoms with Gasteiger partial charge in [0.05, 0.1) is 23.3 Å². The molecule has 0 unspecified atom stereocenters. The highest BCUT2D eigenvalue weighted by molar-refractivity contribution is 7.99. The standard InChI is InChI=1S/C22H22N4O3S2/c1-26-21(14-10-11-31(28,29)13-14)24-25-22(26)30-12-19(27)23-20-17-8-4-2-6-15(17)16-7-3-5-9-18(16)20/h2-9,14,20H,10-13H2,1H3,(H,23,27)/t14-/m0/s1. The molecule has 1 aliphatic heterocycles. The molecule has 1 amide bonds. The minimum atomic E-state index is -2.99. The number of carbonyl (C=O) groups excluding carboxylic acids is 1. The molecule has 1 fully saturated rings. The topological polar surface area (TPSA) is 93.9 Å². The van der Waals surface area contributed by atoms with E-state index in [9.17, 15) is 13.2 Å². The lowest BCUT2D eigenvalue weighted by Crippen LogP contribution is -2.29. The Balaban J connectivity index is 1.27. The summed E-state index contributed by atoms with van der Waals surface area (Å²) in [6.07, 6.45) is 0.569. The van der Waals surface area contributed by atoms with E-state index in [-0.39, 0.29) is 35.1 Å². The Bertz CT molecular complexity index is 1220. The monoisotopic (exact) mass is 454 g/mol. The number of thioether (sulfide) groups is 1. The van der Waals surface area contributed by atoms with Crippen molar-refractivity contribution in [2.75, 3.05) is 17.3 Å². The normalized spacial score (nSPS) is 19.2. The van der Waals surface area contributed by atoms with Gasteiger partial charge in [-0.1, -0.05) is 60.3 Å². The van der Waals surface area contributed by atoms with E-state index in [0.29, 0.717) is 17.4 Å². The maximum absolute atomic E-state index is 12.8. The van der Waals surface area contributed by atoms with Crippen molar-refractivity contribution < 1.29 is 13.2 Å². The van der Waals surface area contributed by atoms with Gasteiger partial charge in [-0.25, -0.2) is 8.42 Å². The van der Waals surface area contributed by atoms with Crippen LogP contribution in [0.25, 0.3) is 11.1 Å². The third-order valence-electron chi connectivity index (χ3n) is 5.94. The molecule has 0 saturated carbocycles. The van der Waals surface area contributed by atoms with Crippen molar-refractivity contribution in [3.8, 4) is 11.1 Å². The average Bonchev–Trinajstić information content (AvgIpc) is 3.41. The van der Waals surface area contributed by atoms with Crippen LogP contribution in [0.5, 0.6) is 0 Å². The molecule has 1 aliphatic carbocycles. The number of fused-ring (bicyclic) bond motifs is 3. The van der Waals surface area contributed by atoms with Crippen LogP contribution in [-0.2, 0) is 21.7 Å². The summed E-state index contributed by atoms with van der Waals surface area (Å²) >= 11 is 1.31. The molecule has 1 atom stereocenters. The lowest BCUT2D eigenvalue weighted by Gasteiger charge is -2.15. The van der Waals surface area contributed by atoms with E-state index < -0.39 is 9.84 Å². The van der Waals surface area contributed by atoms with Crippen LogP contribution in [0.4, 0.5) is 0 Å². The first-order valence-electron chi connectivity index (χ1n) is 10.1. The summed E-state index contributed by atoms with van der Waals surface area (Å²) in [7, 11) is -1.17. The van der Waals surface area contributed by atoms with Gasteiger partial charge >= 0.3 is 0 Å². The number of aromatic nitrogens is 3. The zero-order chi connectivity index (χ0) is 21.6. The molecule has 1 aromatic heterocycles. The fourth-order valence-electron chi connectivity index (χ4n) is 4.45. The Kier molecular flexibility index (Phi) is 5.10. The van der Waals surface area contributed by atoms with Gasteiger partial charge in [-0.2, -0.15) is 0 Å². The van der Waals surface area contributed by atoms with Gasteiger partial charge in [0, 0.05) is 13.0 Å². The van der Waals surface area contributed by atoms with Gasteiger partial charge in [-0.15, -0.1) is 10.2 Å². The van der Waals surface area contributed by atoms with Crippen molar-refractivity contribution in [2.45, 2.75) is 23.5 Å². The smallest absolute Gasteiger partial charge is 0.231 e. The summed E-state index contributed by atoms with van der Waals surface area (Å²) in [5, 5.41) is 12.2. The Labute approximate surface area is 185 Å². The van der Waals surface area contributed by atoms with Crippen molar-refractivity contribution in [1.29, 1.82) is 0 Å². The first-order chi connectivity index (χ1) is 14.9. The molecule has 0 radical (unpaired) electrons. The lowest BCUT2D eigenvalue weighted by atomic mass is 10.1. The van der Waals surface area contributed by atoms with Crippen LogP contribution < -0.4 is 5.32 Å². The molecule has 0 bridgehead atoms. The van der Waals surface area contributed by atoms with E-state index in [2.05, 4.69) is 39.8 Å². The number of nitrogens with one attached hydrogen (secondary N) is 1. The molecule has 160 valence electrons. The minimum absolute atomic E-state index is 0.0884. The Hall–Kier alpha value is -2.65. The number of sulfone groups is 1. The second kappa shape index (κ2) is 7.80. The van der Waals surface area contributed by atoms with Crippen LogP contribution in [-0.4, -0.2) is 46.3 Å². The number of hydrogen-bond donors (Lipinski definition) is 1. The quantitative estimate of drug-likeness (QED) is 0.596. The molecule has 0 spiro atoms. The SMILES string of the molecule is Cn1c(SCC(=O)NC2c3ccccc3-c3ccccc32)nnc1[C@H]1CCS(=O)(=O)C1. The van der Waals surface area contributed by atoms with Crippen LogP contribution >= 0.6 is 11.8 Å². The maximum Gasteiger partial charge on any atom is 0.231 e. The van der Waals surface area contributed by atoms with E-state index in [1.165, 1.54) is 11.8 Å². The van der Waals surface area contributed by atoms with E-state index in [1.54, 1.807) is 0 Å². The van der Waals surface area contributed by atoms with Crippen molar-refractivity contribution in [3.05, 3.63) is 65.5 Å². The summed E-state index contributed by atoms with van der Waals surface area (Å²) in [4.78, 5) is 12.8. The van der Waals surface area contributed by atoms with Crippen LogP contribution in [0.1, 0.15) is 35.3 Å². The molecule has 1 saturated heterocycles. The maximum atomic E-state index is 12.8. The van der Waals surface area contributed by atoms with Crippen molar-refractivity contribution in [3.63, 3.8) is 0 Å². The highest BCUT2D eigenvalue weighted by atomic mass is 32.2. The molecule has 2 heterocycles. The highest BCUT2D eigenvalue weighted by Gasteiger charge is 2.33. The minimum Gasteiger partial charge on any atom is -0.344 e. The van der Waals surface area contributed by atoms with Crippen molar-refractivity contribution in [1.82, 2.24) is 20.1 Å². The third kappa shape index (κ3) is 3.76. The predicted molar refractivity (Wildman–Crippen MR) is 120 cm³/mol. The largest absolute Gasteiger partial charge is 0.344 e. The van der Waals surface area contributed by atoms with Gasteiger partial charge < -0.3 is 9.88 Å². The lowest BCUT2D eigenvalue weighted by molar-refractivity contribution is -0.119. The molecular weight excluding hydrogens is 432 g/mol. The molecule has 2 aromatic carbocycles. The van der Waals surface area contributed by atoms with Gasteiger partial charge in [-0.05, 0) is 28.7 Å². The second-order valence-corrected chi connectivity index (χ2v) is 11.1. The van der Waals surface area contributed by atoms with Crippen molar-refractivity contribution in [2.24, 2.45) is 7.05 Å². The first-order valence-corrected chi connectivity index (χ1v) is 12.9. The van der Waals surface area contributed by atoms with Crippen LogP contribution in [0.3, 0.4) is 0 Å². The van der Waals surface area contributed by atoms with Gasteiger partial charge in [0.15, 0.2) is 15.0 Å². The van der Waals surface area contributed by atoms with E-state index in [4.69, 9.17) is 0 Å². The van der Waals surface area contributed by atoms with Gasteiger partial charge in [0.1, 0.15) is 5.82 Å². The summed E-state index contributed by atoms with van der Waals surface area (Å²) in [5.41, 5.74) is 4.51. The molecule has 31 heavy (non-hydrogen) atoms. The van der Waals surface area contributed by atoms with Gasteiger partial charge in [0.2, 0.25) is 5.91 Å². The number of amides is 1. The number of hydrogen-bond acceptors (Lipinski definition) is 6. The zero-order valence-corrected chi connectivity index (χ0v) is 18.6. The van der Waals surface area contributed by atoms with Gasteiger partial charge in [-0.3, -0.25) is 4.79 Å². The Morgan fingerprint density at radius 3 is 2.35 bits per heavy atom. The van der Waals surface area contributed by atoms with Crippen molar-refractivity contribution >= 4 is 27.5 Å². The van der Waals surface area contributed by atoms with Crippen LogP contribution in [0.15, 0.2) is 53.7 Å². The van der Waals surface area contributed by atoms with Crippen LogP contribution in [0, 0.1) is 0 Å². The average molecular weight is 455 g/mol. The molecule has 2 aliphatic rings. The molecular formula is C22H22N4O3S2. The third-order valence-corrected chi connectivity index (χ3v) is 8.73. The Morgan fingerprint density at radius 2 is 1.74 bits per heavy atom. The first kappa shape index (κ1) is 20.3. The number of nitrogens with zero attached hydrogens (tertiary/aromatic N) is 3. The fraction of sp³-hybridized carbons (Fsp3) is 0.318. The number of carbonyl (C=O) groups is 1. The molecule has 5 rings (SSSR count). The molecule has 7 nitrogen and oxygen atoms in total. The summed E-state index contributed by atoms with van der Waals surface area (Å²) < 4.78 is 25.4. The predicted octanol–water partition coefficient (Wildman–Crippen LogP) is 2.70. The molecule has 9 heteroatoms. The number of benzene rings is 2. The summed E-state index contributed by atoms with van der Waals surface area (Å²) in [6, 6.07) is 16.1. The Morgan fingerprint density at radius 1 is 1.10 bits per heavy atom. The summed E-state index contributed by atoms with van der Waals surface area (Å²) in [6.45, 7) is 0. The highest BCUT2D eigenvalue weighted by Crippen LogP contribution is 2.43. The zero-order valence-electron chi connectivity index (χ0n) is 17.0. The fourth-order valence-corrected chi connectivity index (χ4v) is 6.92. The van der Waals surface area contributed by atoms with E-state index >= 15 is 0 Å². The summed E-state index contributed by atoms with van der Waals surface area (Å²) in [5.74, 6) is 0.967. The molecule has 1 N–H and O–H groups in total. The van der Waals surface area contributed by atoms with Gasteiger partial charge in [0.25, 0.3) is 0 Å². The number of rotatable bonds is 5. The van der Waals surface area contributed by atoms with E-state index in [1.807, 2.05) is 35.9 Å². The second-order valence-electron chi connectivity index (χ2n) is 7.96. The van der Waals surface area contributed by atoms with Crippen LogP contribution in [0.2, 0.25) is 0 Å². The molecule has 3 aromatic rings. The van der Waals surface area contributed by atoms with E-state index in [0.717, 1.165) is 22.3 Å².